The number of sulfonamides is 1. The number of fused-ring (bicyclic) bond motifs is 1. The number of furan rings is 1. The number of halogens is 1. The minimum atomic E-state index is -3.89. The Morgan fingerprint density at radius 3 is 2.77 bits per heavy atom. The van der Waals surface area contributed by atoms with Crippen LogP contribution >= 0.6 is 11.6 Å². The number of ether oxygens (including phenoxy) is 1. The van der Waals surface area contributed by atoms with Crippen molar-refractivity contribution in [2.24, 2.45) is 0 Å². The molecule has 1 aromatic heterocycles. The van der Waals surface area contributed by atoms with E-state index in [0.717, 1.165) is 23.8 Å². The Balaban J connectivity index is 1.49. The Hall–Kier alpha value is -2.39. The van der Waals surface area contributed by atoms with E-state index in [-0.39, 0.29) is 28.1 Å². The smallest absolute Gasteiger partial charge is 0.251 e. The Kier molecular flexibility index (Phi) is 6.34. The van der Waals surface area contributed by atoms with Crippen molar-refractivity contribution in [2.45, 2.75) is 36.8 Å². The molecule has 2 heterocycles. The second-order valence-corrected chi connectivity index (χ2v) is 9.66. The fraction of sp³-hybridized carbons (Fsp3) is 0.318. The summed E-state index contributed by atoms with van der Waals surface area (Å²) >= 11 is 6.13. The number of para-hydroxylation sites is 1. The minimum Gasteiger partial charge on any atom is -0.459 e. The van der Waals surface area contributed by atoms with Gasteiger partial charge >= 0.3 is 0 Å². The summed E-state index contributed by atoms with van der Waals surface area (Å²) in [6.07, 6.45) is 1.56. The quantitative estimate of drug-likeness (QED) is 0.552. The molecule has 0 aliphatic carbocycles. The third-order valence-electron chi connectivity index (χ3n) is 5.23. The highest BCUT2D eigenvalue weighted by Gasteiger charge is 2.24. The van der Waals surface area contributed by atoms with E-state index in [2.05, 4.69) is 10.0 Å². The molecule has 9 heteroatoms. The van der Waals surface area contributed by atoms with Crippen molar-refractivity contribution in [3.8, 4) is 0 Å². The van der Waals surface area contributed by atoms with Gasteiger partial charge in [0, 0.05) is 24.1 Å². The molecule has 2 aromatic carbocycles. The van der Waals surface area contributed by atoms with Gasteiger partial charge < -0.3 is 14.5 Å². The summed E-state index contributed by atoms with van der Waals surface area (Å²) in [6.45, 7) is 2.59. The number of hydrogen-bond donors (Lipinski definition) is 2. The van der Waals surface area contributed by atoms with Gasteiger partial charge in [-0.2, -0.15) is 0 Å². The second-order valence-electron chi connectivity index (χ2n) is 7.51. The van der Waals surface area contributed by atoms with Crippen LogP contribution in [0.15, 0.2) is 57.8 Å². The Morgan fingerprint density at radius 1 is 1.23 bits per heavy atom. The van der Waals surface area contributed by atoms with E-state index in [9.17, 15) is 13.2 Å². The van der Waals surface area contributed by atoms with Gasteiger partial charge in [-0.3, -0.25) is 4.79 Å². The van der Waals surface area contributed by atoms with E-state index in [0.29, 0.717) is 12.4 Å². The first-order chi connectivity index (χ1) is 14.8. The summed E-state index contributed by atoms with van der Waals surface area (Å²) in [4.78, 5) is 12.6. The van der Waals surface area contributed by atoms with Gasteiger partial charge in [0.25, 0.3) is 5.91 Å². The van der Waals surface area contributed by atoms with Crippen LogP contribution in [0.4, 0.5) is 0 Å². The average Bonchev–Trinajstić information content (AvgIpc) is 3.42. The summed E-state index contributed by atoms with van der Waals surface area (Å²) in [5, 5.41) is 3.82. The molecule has 0 spiro atoms. The maximum atomic E-state index is 12.8. The summed E-state index contributed by atoms with van der Waals surface area (Å²) in [5.41, 5.74) is 0.917. The van der Waals surface area contributed by atoms with E-state index in [4.69, 9.17) is 20.8 Å². The van der Waals surface area contributed by atoms with E-state index in [1.165, 1.54) is 18.2 Å². The van der Waals surface area contributed by atoms with Crippen LogP contribution < -0.4 is 10.0 Å². The lowest BCUT2D eigenvalue weighted by molar-refractivity contribution is 0.0935. The summed E-state index contributed by atoms with van der Waals surface area (Å²) in [7, 11) is -3.89. The highest BCUT2D eigenvalue weighted by molar-refractivity contribution is 7.89. The average molecular weight is 463 g/mol. The third kappa shape index (κ3) is 4.93. The van der Waals surface area contributed by atoms with E-state index in [1.807, 2.05) is 30.3 Å². The fourth-order valence-corrected chi connectivity index (χ4v) is 5.09. The lowest BCUT2D eigenvalue weighted by Gasteiger charge is -2.14. The summed E-state index contributed by atoms with van der Waals surface area (Å²) < 4.78 is 39.2. The molecule has 0 bridgehead atoms. The van der Waals surface area contributed by atoms with Crippen LogP contribution in [0.25, 0.3) is 11.0 Å². The van der Waals surface area contributed by atoms with E-state index < -0.39 is 22.0 Å². The standard InChI is InChI=1S/C22H23ClN2O5S/c1-14(20-11-15-5-2-3-7-19(15)30-20)25-22(26)16-8-9-18(23)21(12-16)31(27,28)24-13-17-6-4-10-29-17/h2-3,5,7-9,11-12,14,17,24H,4,6,10,13H2,1H3,(H,25,26)/t14-,17-/m0/s1. The molecule has 1 aliphatic rings. The molecule has 2 N–H and O–H groups in total. The molecule has 1 saturated heterocycles. The number of carbonyl (C=O) groups is 1. The molecular formula is C22H23ClN2O5S. The maximum Gasteiger partial charge on any atom is 0.251 e. The molecule has 164 valence electrons. The first kappa shape index (κ1) is 21.8. The highest BCUT2D eigenvalue weighted by Crippen LogP contribution is 2.26. The predicted molar refractivity (Wildman–Crippen MR) is 118 cm³/mol. The second kappa shape index (κ2) is 9.00. The fourth-order valence-electron chi connectivity index (χ4n) is 3.50. The molecule has 31 heavy (non-hydrogen) atoms. The lowest BCUT2D eigenvalue weighted by atomic mass is 10.1. The van der Waals surface area contributed by atoms with Gasteiger partial charge in [-0.1, -0.05) is 29.8 Å². The zero-order chi connectivity index (χ0) is 22.0. The number of nitrogens with one attached hydrogen (secondary N) is 2. The van der Waals surface area contributed by atoms with Crippen LogP contribution in [0.2, 0.25) is 5.02 Å². The Labute approximate surface area is 185 Å². The van der Waals surface area contributed by atoms with E-state index in [1.54, 1.807) is 6.92 Å². The first-order valence-corrected chi connectivity index (χ1v) is 11.9. The zero-order valence-corrected chi connectivity index (χ0v) is 18.5. The van der Waals surface area contributed by atoms with E-state index >= 15 is 0 Å². The number of benzene rings is 2. The molecule has 3 aromatic rings. The van der Waals surface area contributed by atoms with Gasteiger partial charge in [0.1, 0.15) is 16.2 Å². The molecule has 2 atom stereocenters. The number of rotatable bonds is 7. The zero-order valence-electron chi connectivity index (χ0n) is 16.9. The SMILES string of the molecule is C[C@H](NC(=O)c1ccc(Cl)c(S(=O)(=O)NC[C@@H]2CCCO2)c1)c1cc2ccccc2o1. The van der Waals surface area contributed by atoms with Crippen molar-refractivity contribution in [3.63, 3.8) is 0 Å². The van der Waals surface area contributed by atoms with Gasteiger partial charge in [0.05, 0.1) is 17.2 Å². The van der Waals surface area contributed by atoms with Crippen molar-refractivity contribution in [1.29, 1.82) is 0 Å². The van der Waals surface area contributed by atoms with Gasteiger partial charge in [-0.25, -0.2) is 13.1 Å². The minimum absolute atomic E-state index is 0.0433. The topological polar surface area (TPSA) is 97.6 Å². The molecule has 7 nitrogen and oxygen atoms in total. The first-order valence-electron chi connectivity index (χ1n) is 10.0. The summed E-state index contributed by atoms with van der Waals surface area (Å²) in [6, 6.07) is 13.2. The largest absolute Gasteiger partial charge is 0.459 e. The third-order valence-corrected chi connectivity index (χ3v) is 7.13. The van der Waals surface area contributed by atoms with Gasteiger partial charge in [0.2, 0.25) is 10.0 Å². The lowest BCUT2D eigenvalue weighted by Crippen LogP contribution is -2.32. The van der Waals surface area contributed by atoms with Crippen LogP contribution in [0.1, 0.15) is 41.9 Å². The number of hydrogen-bond acceptors (Lipinski definition) is 5. The molecule has 0 saturated carbocycles. The normalized spacial score (nSPS) is 17.7. The van der Waals surface area contributed by atoms with Crippen molar-refractivity contribution < 1.29 is 22.4 Å². The molecule has 1 amide bonds. The number of amides is 1. The Morgan fingerprint density at radius 2 is 2.03 bits per heavy atom. The number of carbonyl (C=O) groups excluding carboxylic acids is 1. The maximum absolute atomic E-state index is 12.8. The van der Waals surface area contributed by atoms with Crippen LogP contribution in [0, 0.1) is 0 Å². The van der Waals surface area contributed by atoms with Crippen molar-refractivity contribution in [1.82, 2.24) is 10.0 Å². The summed E-state index contributed by atoms with van der Waals surface area (Å²) in [5.74, 6) is 0.176. The highest BCUT2D eigenvalue weighted by atomic mass is 35.5. The molecular weight excluding hydrogens is 440 g/mol. The van der Waals surface area contributed by atoms with Crippen molar-refractivity contribution in [2.75, 3.05) is 13.2 Å². The monoisotopic (exact) mass is 462 g/mol. The van der Waals surface area contributed by atoms with Crippen LogP contribution in [-0.2, 0) is 14.8 Å². The van der Waals surface area contributed by atoms with Gasteiger partial charge in [-0.15, -0.1) is 0 Å². The van der Waals surface area contributed by atoms with Crippen molar-refractivity contribution in [3.05, 3.63) is 64.9 Å². The predicted octanol–water partition coefficient (Wildman–Crippen LogP) is 4.03. The molecule has 0 unspecified atom stereocenters. The van der Waals surface area contributed by atoms with Crippen molar-refractivity contribution >= 4 is 38.5 Å². The van der Waals surface area contributed by atoms with Crippen LogP contribution in [0.5, 0.6) is 0 Å². The van der Waals surface area contributed by atoms with Gasteiger partial charge in [0.15, 0.2) is 0 Å². The van der Waals surface area contributed by atoms with Crippen LogP contribution in [-0.4, -0.2) is 33.6 Å². The van der Waals surface area contributed by atoms with Gasteiger partial charge in [-0.05, 0) is 50.1 Å². The Bertz CT molecular complexity index is 1170. The molecule has 1 fully saturated rings. The molecule has 4 rings (SSSR count). The molecule has 1 aliphatic heterocycles. The van der Waals surface area contributed by atoms with Crippen LogP contribution in [0.3, 0.4) is 0 Å². The molecule has 0 radical (unpaired) electrons.